The highest BCUT2D eigenvalue weighted by Gasteiger charge is 2.34. The van der Waals surface area contributed by atoms with Crippen molar-refractivity contribution in [3.63, 3.8) is 0 Å². The van der Waals surface area contributed by atoms with Gasteiger partial charge in [0.25, 0.3) is 5.91 Å². The molecule has 1 aromatic heterocycles. The van der Waals surface area contributed by atoms with E-state index in [1.54, 1.807) is 0 Å². The number of H-pyrrole nitrogens is 1. The Kier molecular flexibility index (Phi) is 5.33. The molecule has 0 aliphatic heterocycles. The van der Waals surface area contributed by atoms with Gasteiger partial charge < -0.3 is 10.2 Å². The van der Waals surface area contributed by atoms with Crippen LogP contribution in [-0.2, 0) is 6.42 Å². The molecule has 1 aliphatic carbocycles. The highest BCUT2D eigenvalue weighted by Crippen LogP contribution is 2.31. The van der Waals surface area contributed by atoms with Crippen molar-refractivity contribution in [2.75, 3.05) is 20.6 Å². The van der Waals surface area contributed by atoms with Crippen LogP contribution in [0.5, 0.6) is 0 Å². The number of likely N-dealkylation sites (N-methyl/N-ethyl adjacent to an activating group) is 1. The predicted octanol–water partition coefficient (Wildman–Crippen LogP) is 1.75. The molecule has 118 valence electrons. The number of rotatable bonds is 6. The Hall–Kier alpha value is -1.43. The molecular formula is C15H27N5O. The zero-order valence-corrected chi connectivity index (χ0v) is 13.4. The number of carbonyl (C=O) groups is 1. The van der Waals surface area contributed by atoms with Gasteiger partial charge in [-0.25, -0.2) is 4.98 Å². The monoisotopic (exact) mass is 293 g/mol. The Morgan fingerprint density at radius 3 is 2.67 bits per heavy atom. The number of nitrogens with zero attached hydrogens (tertiary/aromatic N) is 3. The Morgan fingerprint density at radius 2 is 2.05 bits per heavy atom. The van der Waals surface area contributed by atoms with E-state index in [1.807, 2.05) is 0 Å². The molecule has 6 nitrogen and oxygen atoms in total. The number of hydrogen-bond donors (Lipinski definition) is 2. The molecular weight excluding hydrogens is 266 g/mol. The molecule has 1 fully saturated rings. The zero-order valence-electron chi connectivity index (χ0n) is 13.4. The lowest BCUT2D eigenvalue weighted by molar-refractivity contribution is 0.0792. The summed E-state index contributed by atoms with van der Waals surface area (Å²) in [5, 5.41) is 9.85. The van der Waals surface area contributed by atoms with Crippen molar-refractivity contribution in [1.82, 2.24) is 25.4 Å². The van der Waals surface area contributed by atoms with E-state index in [4.69, 9.17) is 0 Å². The first-order chi connectivity index (χ1) is 10.1. The summed E-state index contributed by atoms with van der Waals surface area (Å²) in [7, 11) is 4.20. The average Bonchev–Trinajstić information content (AvgIpc) is 2.95. The Bertz CT molecular complexity index is 462. The summed E-state index contributed by atoms with van der Waals surface area (Å²) in [6, 6.07) is 0. The fraction of sp³-hybridized carbons (Fsp3) is 0.800. The molecule has 1 heterocycles. The standard InChI is InChI=1S/C15H27N5O/c1-4-8-12-17-13(19-18-12)14(21)16-11-15(20(2)3)9-6-5-7-10-15/h4-11H2,1-3H3,(H,16,21)(H,17,18,19). The zero-order chi connectivity index (χ0) is 15.3. The van der Waals surface area contributed by atoms with Gasteiger partial charge in [-0.3, -0.25) is 9.89 Å². The van der Waals surface area contributed by atoms with Gasteiger partial charge >= 0.3 is 0 Å². The lowest BCUT2D eigenvalue weighted by Gasteiger charge is -2.43. The SMILES string of the molecule is CCCc1nc(C(=O)NCC2(N(C)C)CCCCC2)n[nH]1. The summed E-state index contributed by atoms with van der Waals surface area (Å²) in [5.41, 5.74) is 0.0798. The molecule has 0 radical (unpaired) electrons. The van der Waals surface area contributed by atoms with Crippen LogP contribution in [0.1, 0.15) is 61.9 Å². The molecule has 6 heteroatoms. The molecule has 0 bridgehead atoms. The fourth-order valence-corrected chi connectivity index (χ4v) is 3.06. The highest BCUT2D eigenvalue weighted by atomic mass is 16.2. The molecule has 0 saturated heterocycles. The third-order valence-corrected chi connectivity index (χ3v) is 4.53. The quantitative estimate of drug-likeness (QED) is 0.838. The van der Waals surface area contributed by atoms with Crippen molar-refractivity contribution in [1.29, 1.82) is 0 Å². The topological polar surface area (TPSA) is 73.9 Å². The Labute approximate surface area is 126 Å². The molecule has 0 aromatic carbocycles. The Morgan fingerprint density at radius 1 is 1.33 bits per heavy atom. The normalized spacial score (nSPS) is 17.9. The van der Waals surface area contributed by atoms with Gasteiger partial charge in [-0.2, -0.15) is 0 Å². The first kappa shape index (κ1) is 15.9. The summed E-state index contributed by atoms with van der Waals surface area (Å²) < 4.78 is 0. The number of hydrogen-bond acceptors (Lipinski definition) is 4. The minimum Gasteiger partial charge on any atom is -0.347 e. The smallest absolute Gasteiger partial charge is 0.291 e. The van der Waals surface area contributed by atoms with E-state index < -0.39 is 0 Å². The van der Waals surface area contributed by atoms with Crippen LogP contribution in [0.3, 0.4) is 0 Å². The number of carbonyl (C=O) groups excluding carboxylic acids is 1. The van der Waals surface area contributed by atoms with Crippen molar-refractivity contribution in [3.8, 4) is 0 Å². The average molecular weight is 293 g/mol. The number of aryl methyl sites for hydroxylation is 1. The van der Waals surface area contributed by atoms with Crippen molar-refractivity contribution in [2.45, 2.75) is 57.4 Å². The molecule has 2 rings (SSSR count). The van der Waals surface area contributed by atoms with Crippen LogP contribution in [0.25, 0.3) is 0 Å². The number of aromatic amines is 1. The van der Waals surface area contributed by atoms with E-state index in [0.717, 1.165) is 31.5 Å². The van der Waals surface area contributed by atoms with Gasteiger partial charge in [0.05, 0.1) is 0 Å². The van der Waals surface area contributed by atoms with Gasteiger partial charge in [-0.1, -0.05) is 26.2 Å². The summed E-state index contributed by atoms with van der Waals surface area (Å²) in [4.78, 5) is 18.7. The Balaban J connectivity index is 1.95. The summed E-state index contributed by atoms with van der Waals surface area (Å²) in [6.07, 6.45) is 7.84. The molecule has 1 amide bonds. The van der Waals surface area contributed by atoms with E-state index in [0.29, 0.717) is 6.54 Å². The molecule has 21 heavy (non-hydrogen) atoms. The second-order valence-corrected chi connectivity index (χ2v) is 6.22. The maximum atomic E-state index is 12.2. The molecule has 1 saturated carbocycles. The molecule has 0 spiro atoms. The highest BCUT2D eigenvalue weighted by molar-refractivity contribution is 5.90. The first-order valence-electron chi connectivity index (χ1n) is 7.94. The van der Waals surface area contributed by atoms with Gasteiger partial charge in [-0.05, 0) is 33.4 Å². The molecule has 0 atom stereocenters. The van der Waals surface area contributed by atoms with Crippen LogP contribution >= 0.6 is 0 Å². The van der Waals surface area contributed by atoms with Crippen LogP contribution in [0.15, 0.2) is 0 Å². The number of amides is 1. The molecule has 0 unspecified atom stereocenters. The second-order valence-electron chi connectivity index (χ2n) is 6.22. The van der Waals surface area contributed by atoms with E-state index in [-0.39, 0.29) is 17.3 Å². The van der Waals surface area contributed by atoms with E-state index in [9.17, 15) is 4.79 Å². The van der Waals surface area contributed by atoms with Crippen LogP contribution in [0.2, 0.25) is 0 Å². The first-order valence-corrected chi connectivity index (χ1v) is 7.94. The number of aromatic nitrogens is 3. The van der Waals surface area contributed by atoms with Crippen molar-refractivity contribution >= 4 is 5.91 Å². The maximum Gasteiger partial charge on any atom is 0.291 e. The molecule has 1 aliphatic rings. The summed E-state index contributed by atoms with van der Waals surface area (Å²) >= 11 is 0. The molecule has 1 aromatic rings. The van der Waals surface area contributed by atoms with Crippen LogP contribution in [0.4, 0.5) is 0 Å². The van der Waals surface area contributed by atoms with Crippen LogP contribution in [-0.4, -0.2) is 52.2 Å². The van der Waals surface area contributed by atoms with Gasteiger partial charge in [0.15, 0.2) is 0 Å². The number of nitrogens with one attached hydrogen (secondary N) is 2. The van der Waals surface area contributed by atoms with Gasteiger partial charge in [0.2, 0.25) is 5.82 Å². The van der Waals surface area contributed by atoms with Gasteiger partial charge in [-0.15, -0.1) is 5.10 Å². The minimum atomic E-state index is -0.180. The molecule has 2 N–H and O–H groups in total. The van der Waals surface area contributed by atoms with Crippen molar-refractivity contribution in [2.24, 2.45) is 0 Å². The minimum absolute atomic E-state index is 0.0798. The third kappa shape index (κ3) is 3.81. The largest absolute Gasteiger partial charge is 0.347 e. The van der Waals surface area contributed by atoms with Crippen LogP contribution in [0, 0.1) is 0 Å². The van der Waals surface area contributed by atoms with Crippen molar-refractivity contribution < 1.29 is 4.79 Å². The van der Waals surface area contributed by atoms with Crippen LogP contribution < -0.4 is 5.32 Å². The second kappa shape index (κ2) is 7.02. The van der Waals surface area contributed by atoms with E-state index in [1.165, 1.54) is 19.3 Å². The predicted molar refractivity (Wildman–Crippen MR) is 82.2 cm³/mol. The third-order valence-electron chi connectivity index (χ3n) is 4.53. The summed E-state index contributed by atoms with van der Waals surface area (Å²) in [6.45, 7) is 2.74. The van der Waals surface area contributed by atoms with E-state index >= 15 is 0 Å². The lowest BCUT2D eigenvalue weighted by atomic mass is 9.80. The van der Waals surface area contributed by atoms with Gasteiger partial charge in [0, 0.05) is 18.5 Å². The summed E-state index contributed by atoms with van der Waals surface area (Å²) in [5.74, 6) is 0.853. The fourth-order valence-electron chi connectivity index (χ4n) is 3.06. The van der Waals surface area contributed by atoms with E-state index in [2.05, 4.69) is 46.4 Å². The van der Waals surface area contributed by atoms with Gasteiger partial charge in [0.1, 0.15) is 5.82 Å². The van der Waals surface area contributed by atoms with Crippen molar-refractivity contribution in [3.05, 3.63) is 11.6 Å². The lowest BCUT2D eigenvalue weighted by Crippen LogP contribution is -2.53. The maximum absolute atomic E-state index is 12.2.